The number of aromatic nitrogens is 2. The molecule has 25 heavy (non-hydrogen) atoms. The smallest absolute Gasteiger partial charge is 0.296 e. The van der Waals surface area contributed by atoms with Gasteiger partial charge in [-0.25, -0.2) is 4.99 Å². The van der Waals surface area contributed by atoms with Crippen molar-refractivity contribution in [3.8, 4) is 23.0 Å². The van der Waals surface area contributed by atoms with Gasteiger partial charge in [-0.15, -0.1) is 0 Å². The Hall–Kier alpha value is -3.45. The van der Waals surface area contributed by atoms with Crippen LogP contribution in [0.5, 0.6) is 0 Å². The van der Waals surface area contributed by atoms with Crippen molar-refractivity contribution < 1.29 is 14.1 Å². The zero-order valence-corrected chi connectivity index (χ0v) is 13.3. The van der Waals surface area contributed by atoms with Crippen molar-refractivity contribution in [3.63, 3.8) is 0 Å². The summed E-state index contributed by atoms with van der Waals surface area (Å²) in [4.78, 5) is 8.59. The standard InChI is InChI=1S/C18H14N4O3/c1-11-6-8-12(9-7-11)17-21-18(25-22-17)16-15(19-10-20-23)13-4-2-3-5-14(13)24-16/h2-10,23H,1H3,(H,19,20). The van der Waals surface area contributed by atoms with Gasteiger partial charge in [-0.3, -0.25) is 10.7 Å². The third kappa shape index (κ3) is 2.77. The number of nitrogens with zero attached hydrogens (tertiary/aromatic N) is 3. The van der Waals surface area contributed by atoms with E-state index in [9.17, 15) is 0 Å². The van der Waals surface area contributed by atoms with Crippen LogP contribution in [0.1, 0.15) is 5.56 Å². The summed E-state index contributed by atoms with van der Waals surface area (Å²) in [6, 6.07) is 15.2. The van der Waals surface area contributed by atoms with Crippen molar-refractivity contribution in [3.05, 3.63) is 54.1 Å². The Bertz CT molecular complexity index is 1050. The molecule has 4 rings (SSSR count). The molecule has 7 nitrogen and oxygen atoms in total. The highest BCUT2D eigenvalue weighted by molar-refractivity contribution is 5.97. The number of hydrogen-bond donors (Lipinski definition) is 2. The fourth-order valence-corrected chi connectivity index (χ4v) is 2.53. The van der Waals surface area contributed by atoms with E-state index in [0.717, 1.165) is 22.9 Å². The first kappa shape index (κ1) is 15.1. The summed E-state index contributed by atoms with van der Waals surface area (Å²) in [5, 5.41) is 13.6. The van der Waals surface area contributed by atoms with E-state index in [1.807, 2.05) is 60.9 Å². The third-order valence-electron chi connectivity index (χ3n) is 3.75. The summed E-state index contributed by atoms with van der Waals surface area (Å²) in [5.41, 5.74) is 5.02. The quantitative estimate of drug-likeness (QED) is 0.331. The lowest BCUT2D eigenvalue weighted by molar-refractivity contribution is 0.240. The summed E-state index contributed by atoms with van der Waals surface area (Å²) in [6.07, 6.45) is 1.15. The van der Waals surface area contributed by atoms with Crippen LogP contribution in [0.25, 0.3) is 34.0 Å². The van der Waals surface area contributed by atoms with Gasteiger partial charge in [-0.2, -0.15) is 4.98 Å². The zero-order chi connectivity index (χ0) is 17.2. The molecular formula is C18H14N4O3. The zero-order valence-electron chi connectivity index (χ0n) is 13.3. The molecule has 124 valence electrons. The average Bonchev–Trinajstić information content (AvgIpc) is 3.25. The SMILES string of the molecule is Cc1ccc(-c2noc(-c3oc4ccccc4c3N=CNO)n2)cc1. The molecule has 0 radical (unpaired) electrons. The molecule has 0 amide bonds. The minimum Gasteiger partial charge on any atom is -0.449 e. The van der Waals surface area contributed by atoms with Crippen LogP contribution >= 0.6 is 0 Å². The van der Waals surface area contributed by atoms with Crippen LogP contribution < -0.4 is 5.48 Å². The predicted octanol–water partition coefficient (Wildman–Crippen LogP) is 4.10. The number of furan rings is 1. The lowest BCUT2D eigenvalue weighted by Crippen LogP contribution is -2.00. The van der Waals surface area contributed by atoms with Gasteiger partial charge in [0.2, 0.25) is 11.6 Å². The van der Waals surface area contributed by atoms with Gasteiger partial charge >= 0.3 is 0 Å². The Balaban J connectivity index is 1.82. The average molecular weight is 334 g/mol. The van der Waals surface area contributed by atoms with Crippen molar-refractivity contribution in [2.75, 3.05) is 0 Å². The lowest BCUT2D eigenvalue weighted by Gasteiger charge is -1.94. The van der Waals surface area contributed by atoms with Gasteiger partial charge in [0, 0.05) is 10.9 Å². The summed E-state index contributed by atoms with van der Waals surface area (Å²) in [5.74, 6) is 1.03. The van der Waals surface area contributed by atoms with E-state index in [1.54, 1.807) is 0 Å². The predicted molar refractivity (Wildman–Crippen MR) is 92.8 cm³/mol. The second kappa shape index (κ2) is 6.21. The number of hydrogen-bond acceptors (Lipinski definition) is 6. The highest BCUT2D eigenvalue weighted by Crippen LogP contribution is 2.39. The van der Waals surface area contributed by atoms with Crippen LogP contribution in [0, 0.1) is 6.92 Å². The third-order valence-corrected chi connectivity index (χ3v) is 3.75. The first-order valence-electron chi connectivity index (χ1n) is 7.61. The van der Waals surface area contributed by atoms with Gasteiger partial charge < -0.3 is 8.94 Å². The fourth-order valence-electron chi connectivity index (χ4n) is 2.53. The summed E-state index contributed by atoms with van der Waals surface area (Å²) in [6.45, 7) is 2.01. The highest BCUT2D eigenvalue weighted by atomic mass is 16.5. The van der Waals surface area contributed by atoms with Gasteiger partial charge in [0.05, 0.1) is 0 Å². The summed E-state index contributed by atoms with van der Waals surface area (Å²) in [7, 11) is 0. The molecule has 0 fully saturated rings. The second-order valence-electron chi connectivity index (χ2n) is 5.45. The molecule has 0 saturated heterocycles. The Kier molecular flexibility index (Phi) is 3.75. The minimum atomic E-state index is 0.219. The van der Waals surface area contributed by atoms with Gasteiger partial charge in [-0.1, -0.05) is 47.1 Å². The molecule has 0 spiro atoms. The number of nitrogens with one attached hydrogen (secondary N) is 1. The Labute approximate surface area is 142 Å². The molecule has 0 unspecified atom stereocenters. The Morgan fingerprint density at radius 2 is 1.92 bits per heavy atom. The van der Waals surface area contributed by atoms with Crippen molar-refractivity contribution in [2.45, 2.75) is 6.92 Å². The van der Waals surface area contributed by atoms with Crippen LogP contribution in [-0.2, 0) is 0 Å². The maximum absolute atomic E-state index is 8.79. The lowest BCUT2D eigenvalue weighted by atomic mass is 10.1. The molecule has 0 bridgehead atoms. The molecule has 0 aliphatic carbocycles. The summed E-state index contributed by atoms with van der Waals surface area (Å²) >= 11 is 0. The van der Waals surface area contributed by atoms with Crippen molar-refractivity contribution in [1.29, 1.82) is 0 Å². The Morgan fingerprint density at radius 1 is 1.12 bits per heavy atom. The normalized spacial score (nSPS) is 11.4. The molecule has 0 aliphatic heterocycles. The number of hydroxylamine groups is 1. The monoisotopic (exact) mass is 334 g/mol. The number of benzene rings is 2. The first-order valence-corrected chi connectivity index (χ1v) is 7.61. The molecule has 4 aromatic rings. The number of aryl methyl sites for hydroxylation is 1. The molecule has 2 heterocycles. The first-order chi connectivity index (χ1) is 12.3. The van der Waals surface area contributed by atoms with E-state index in [0.29, 0.717) is 22.9 Å². The van der Waals surface area contributed by atoms with Crippen molar-refractivity contribution in [1.82, 2.24) is 15.6 Å². The van der Waals surface area contributed by atoms with Gasteiger partial charge in [-0.05, 0) is 19.1 Å². The van der Waals surface area contributed by atoms with E-state index in [1.165, 1.54) is 0 Å². The van der Waals surface area contributed by atoms with Crippen molar-refractivity contribution >= 4 is 23.0 Å². The molecule has 0 atom stereocenters. The van der Waals surface area contributed by atoms with Gasteiger partial charge in [0.1, 0.15) is 17.6 Å². The highest BCUT2D eigenvalue weighted by Gasteiger charge is 2.21. The maximum Gasteiger partial charge on any atom is 0.296 e. The number of aliphatic imine (C=N–C) groups is 1. The van der Waals surface area contributed by atoms with E-state index in [2.05, 4.69) is 15.1 Å². The number of rotatable bonds is 4. The molecule has 7 heteroatoms. The van der Waals surface area contributed by atoms with E-state index in [-0.39, 0.29) is 5.89 Å². The molecule has 0 aliphatic rings. The van der Waals surface area contributed by atoms with E-state index in [4.69, 9.17) is 14.1 Å². The minimum absolute atomic E-state index is 0.219. The Morgan fingerprint density at radius 3 is 2.72 bits per heavy atom. The van der Waals surface area contributed by atoms with Gasteiger partial charge in [0.15, 0.2) is 0 Å². The molecule has 2 aromatic carbocycles. The summed E-state index contributed by atoms with van der Waals surface area (Å²) < 4.78 is 11.2. The number of para-hydroxylation sites is 1. The molecule has 2 N–H and O–H groups in total. The van der Waals surface area contributed by atoms with Crippen molar-refractivity contribution in [2.24, 2.45) is 4.99 Å². The molecule has 2 aromatic heterocycles. The molecular weight excluding hydrogens is 320 g/mol. The molecule has 0 saturated carbocycles. The van der Waals surface area contributed by atoms with Crippen LogP contribution in [0.3, 0.4) is 0 Å². The van der Waals surface area contributed by atoms with E-state index < -0.39 is 0 Å². The van der Waals surface area contributed by atoms with Crippen LogP contribution in [0.4, 0.5) is 5.69 Å². The fraction of sp³-hybridized carbons (Fsp3) is 0.0556. The van der Waals surface area contributed by atoms with Crippen LogP contribution in [0.2, 0.25) is 0 Å². The van der Waals surface area contributed by atoms with Crippen LogP contribution in [-0.4, -0.2) is 21.7 Å². The largest absolute Gasteiger partial charge is 0.449 e. The second-order valence-corrected chi connectivity index (χ2v) is 5.45. The van der Waals surface area contributed by atoms with Crippen LogP contribution in [0.15, 0.2) is 62.5 Å². The van der Waals surface area contributed by atoms with Gasteiger partial charge in [0.25, 0.3) is 5.89 Å². The topological polar surface area (TPSA) is 96.7 Å². The van der Waals surface area contributed by atoms with E-state index >= 15 is 0 Å². The maximum atomic E-state index is 8.79. The number of fused-ring (bicyclic) bond motifs is 1.